The number of carbonyl (C=O) groups is 2. The standard InChI is InChI=1S/C25H28N4O3.2ClH/c1-18-17-22(20-9-5-6-10-21(20)27-18)28-24(32)26-13-16-29-14-11-25(12-15-29,23(30)31)19-7-3-2-4-8-19;;/h2-10,17H,11-16H2,1H3,(H,30,31)(H2,26,27,28,32);2*1H. The summed E-state index contributed by atoms with van der Waals surface area (Å²) in [6.45, 7) is 4.42. The minimum absolute atomic E-state index is 0. The summed E-state index contributed by atoms with van der Waals surface area (Å²) in [5, 5.41) is 16.7. The van der Waals surface area contributed by atoms with Crippen LogP contribution < -0.4 is 10.6 Å². The molecule has 1 aliphatic rings. The van der Waals surface area contributed by atoms with E-state index in [9.17, 15) is 14.7 Å². The van der Waals surface area contributed by atoms with Crippen molar-refractivity contribution in [3.8, 4) is 0 Å². The van der Waals surface area contributed by atoms with Gasteiger partial charge in [-0.2, -0.15) is 0 Å². The number of pyridine rings is 1. The lowest BCUT2D eigenvalue weighted by Crippen LogP contribution is -2.49. The molecule has 1 aliphatic heterocycles. The second kappa shape index (κ2) is 12.0. The first-order valence-electron chi connectivity index (χ1n) is 10.9. The Kier molecular flexibility index (Phi) is 9.67. The number of para-hydroxylation sites is 1. The number of aliphatic carboxylic acids is 1. The molecule has 3 aromatic rings. The fourth-order valence-electron chi connectivity index (χ4n) is 4.45. The first kappa shape index (κ1) is 27.4. The van der Waals surface area contributed by atoms with Gasteiger partial charge in [-0.15, -0.1) is 24.8 Å². The fraction of sp³-hybridized carbons (Fsp3) is 0.320. The van der Waals surface area contributed by atoms with Crippen molar-refractivity contribution < 1.29 is 14.7 Å². The molecule has 0 atom stereocenters. The molecule has 1 aromatic heterocycles. The number of piperidine rings is 1. The zero-order valence-corrected chi connectivity index (χ0v) is 20.6. The second-order valence-electron chi connectivity index (χ2n) is 8.30. The van der Waals surface area contributed by atoms with Gasteiger partial charge in [-0.3, -0.25) is 9.78 Å². The van der Waals surface area contributed by atoms with Gasteiger partial charge in [0.2, 0.25) is 0 Å². The van der Waals surface area contributed by atoms with E-state index in [1.165, 1.54) is 0 Å². The molecule has 1 saturated heterocycles. The van der Waals surface area contributed by atoms with Crippen LogP contribution in [0.15, 0.2) is 60.7 Å². The average Bonchev–Trinajstić information content (AvgIpc) is 2.80. The van der Waals surface area contributed by atoms with E-state index in [1.807, 2.05) is 67.6 Å². The van der Waals surface area contributed by atoms with Crippen molar-refractivity contribution in [2.45, 2.75) is 25.2 Å². The topological polar surface area (TPSA) is 94.6 Å². The predicted molar refractivity (Wildman–Crippen MR) is 139 cm³/mol. The molecule has 0 radical (unpaired) electrons. The van der Waals surface area contributed by atoms with Crippen molar-refractivity contribution in [2.24, 2.45) is 0 Å². The van der Waals surface area contributed by atoms with Crippen LogP contribution in [0.2, 0.25) is 0 Å². The van der Waals surface area contributed by atoms with Crippen molar-refractivity contribution in [1.82, 2.24) is 15.2 Å². The number of hydrogen-bond donors (Lipinski definition) is 3. The van der Waals surface area contributed by atoms with Gasteiger partial charge in [-0.05, 0) is 50.6 Å². The van der Waals surface area contributed by atoms with E-state index in [0.717, 1.165) is 27.8 Å². The molecular weight excluding hydrogens is 475 g/mol. The first-order chi connectivity index (χ1) is 15.5. The number of nitrogens with zero attached hydrogens (tertiary/aromatic N) is 2. The monoisotopic (exact) mass is 504 g/mol. The van der Waals surface area contributed by atoms with Crippen LogP contribution in [0.3, 0.4) is 0 Å². The SMILES string of the molecule is Cc1cc(NC(=O)NCCN2CCC(C(=O)O)(c3ccccc3)CC2)c2ccccc2n1.Cl.Cl. The normalized spacial score (nSPS) is 15.0. The number of nitrogens with one attached hydrogen (secondary N) is 2. The van der Waals surface area contributed by atoms with Gasteiger partial charge in [0.15, 0.2) is 0 Å². The zero-order valence-electron chi connectivity index (χ0n) is 19.0. The lowest BCUT2D eigenvalue weighted by Gasteiger charge is -2.39. The number of halogens is 2. The van der Waals surface area contributed by atoms with Gasteiger partial charge in [0.25, 0.3) is 0 Å². The maximum Gasteiger partial charge on any atom is 0.319 e. The van der Waals surface area contributed by atoms with Gasteiger partial charge in [0.05, 0.1) is 16.6 Å². The Hall–Kier alpha value is -2.87. The third-order valence-electron chi connectivity index (χ3n) is 6.25. The van der Waals surface area contributed by atoms with Crippen LogP contribution in [0.25, 0.3) is 10.9 Å². The third kappa shape index (κ3) is 5.97. The van der Waals surface area contributed by atoms with Crippen LogP contribution in [0.4, 0.5) is 10.5 Å². The highest BCUT2D eigenvalue weighted by atomic mass is 35.5. The number of fused-ring (bicyclic) bond motifs is 1. The number of aromatic nitrogens is 1. The Morgan fingerprint density at radius 1 is 1.03 bits per heavy atom. The number of carboxylic acid groups (broad SMARTS) is 1. The number of amides is 2. The summed E-state index contributed by atoms with van der Waals surface area (Å²) in [7, 11) is 0. The summed E-state index contributed by atoms with van der Waals surface area (Å²) in [4.78, 5) is 31.2. The Balaban J connectivity index is 0.00000204. The summed E-state index contributed by atoms with van der Waals surface area (Å²) in [6, 6.07) is 18.8. The van der Waals surface area contributed by atoms with Gasteiger partial charge in [-0.1, -0.05) is 48.5 Å². The molecule has 0 unspecified atom stereocenters. The van der Waals surface area contributed by atoms with E-state index in [1.54, 1.807) is 0 Å². The van der Waals surface area contributed by atoms with Crippen LogP contribution in [0.5, 0.6) is 0 Å². The van der Waals surface area contributed by atoms with Crippen LogP contribution in [-0.2, 0) is 10.2 Å². The summed E-state index contributed by atoms with van der Waals surface area (Å²) in [5.74, 6) is -0.763. The van der Waals surface area contributed by atoms with Gasteiger partial charge < -0.3 is 20.6 Å². The van der Waals surface area contributed by atoms with Gasteiger partial charge >= 0.3 is 12.0 Å². The largest absolute Gasteiger partial charge is 0.481 e. The molecule has 0 aliphatic carbocycles. The number of carbonyl (C=O) groups excluding carboxylic acids is 1. The van der Waals surface area contributed by atoms with E-state index in [0.29, 0.717) is 39.0 Å². The van der Waals surface area contributed by atoms with Crippen molar-refractivity contribution >= 4 is 53.4 Å². The third-order valence-corrected chi connectivity index (χ3v) is 6.25. The number of benzene rings is 2. The number of aryl methyl sites for hydroxylation is 1. The van der Waals surface area contributed by atoms with Crippen molar-refractivity contribution in [3.05, 3.63) is 71.9 Å². The van der Waals surface area contributed by atoms with E-state index >= 15 is 0 Å². The Morgan fingerprint density at radius 2 is 1.68 bits per heavy atom. The van der Waals surface area contributed by atoms with Gasteiger partial charge in [0.1, 0.15) is 0 Å². The number of rotatable bonds is 6. The van der Waals surface area contributed by atoms with E-state index in [-0.39, 0.29) is 30.8 Å². The van der Waals surface area contributed by atoms with Crippen LogP contribution in [0, 0.1) is 6.92 Å². The van der Waals surface area contributed by atoms with Crippen LogP contribution in [-0.4, -0.2) is 53.2 Å². The van der Waals surface area contributed by atoms with E-state index in [2.05, 4.69) is 20.5 Å². The molecule has 0 bridgehead atoms. The predicted octanol–water partition coefficient (Wildman–Crippen LogP) is 4.63. The molecule has 2 heterocycles. The van der Waals surface area contributed by atoms with Crippen molar-refractivity contribution in [1.29, 1.82) is 0 Å². The molecule has 182 valence electrons. The molecule has 3 N–H and O–H groups in total. The Morgan fingerprint density at radius 3 is 2.35 bits per heavy atom. The minimum Gasteiger partial charge on any atom is -0.481 e. The number of hydrogen-bond acceptors (Lipinski definition) is 4. The maximum absolute atomic E-state index is 12.4. The highest BCUT2D eigenvalue weighted by molar-refractivity contribution is 6.00. The molecule has 0 saturated carbocycles. The molecule has 2 aromatic carbocycles. The lowest BCUT2D eigenvalue weighted by molar-refractivity contribution is -0.146. The summed E-state index contributed by atoms with van der Waals surface area (Å²) in [6.07, 6.45) is 1.11. The second-order valence-corrected chi connectivity index (χ2v) is 8.30. The Labute approximate surface area is 211 Å². The van der Waals surface area contributed by atoms with E-state index < -0.39 is 11.4 Å². The quantitative estimate of drug-likeness (QED) is 0.454. The van der Waals surface area contributed by atoms with Gasteiger partial charge in [0, 0.05) is 24.2 Å². The maximum atomic E-state index is 12.4. The molecule has 1 fully saturated rings. The molecule has 2 amide bonds. The number of urea groups is 1. The number of carboxylic acids is 1. The Bertz CT molecular complexity index is 1120. The molecule has 9 heteroatoms. The van der Waals surface area contributed by atoms with Crippen LogP contribution >= 0.6 is 24.8 Å². The molecule has 4 rings (SSSR count). The zero-order chi connectivity index (χ0) is 22.6. The van der Waals surface area contributed by atoms with Crippen molar-refractivity contribution in [2.75, 3.05) is 31.5 Å². The van der Waals surface area contributed by atoms with E-state index in [4.69, 9.17) is 0 Å². The van der Waals surface area contributed by atoms with Gasteiger partial charge in [-0.25, -0.2) is 4.79 Å². The molecule has 7 nitrogen and oxygen atoms in total. The summed E-state index contributed by atoms with van der Waals surface area (Å²) < 4.78 is 0. The fourth-order valence-corrected chi connectivity index (χ4v) is 4.45. The molecular formula is C25H30Cl2N4O3. The first-order valence-corrected chi connectivity index (χ1v) is 10.9. The molecule has 34 heavy (non-hydrogen) atoms. The van der Waals surface area contributed by atoms with Crippen LogP contribution in [0.1, 0.15) is 24.1 Å². The smallest absolute Gasteiger partial charge is 0.319 e. The summed E-state index contributed by atoms with van der Waals surface area (Å²) in [5.41, 5.74) is 2.45. The molecule has 0 spiro atoms. The highest BCUT2D eigenvalue weighted by Crippen LogP contribution is 2.35. The number of anilines is 1. The minimum atomic E-state index is -0.831. The number of likely N-dealkylation sites (tertiary alicyclic amines) is 1. The summed E-state index contributed by atoms with van der Waals surface area (Å²) >= 11 is 0. The average molecular weight is 505 g/mol. The highest BCUT2D eigenvalue weighted by Gasteiger charge is 2.42. The lowest BCUT2D eigenvalue weighted by atomic mass is 9.73. The van der Waals surface area contributed by atoms with Crippen molar-refractivity contribution in [3.63, 3.8) is 0 Å².